The number of carbonyl (C=O) groups is 1. The summed E-state index contributed by atoms with van der Waals surface area (Å²) in [6, 6.07) is 8.83. The zero-order valence-electron chi connectivity index (χ0n) is 15.9. The fourth-order valence-corrected chi connectivity index (χ4v) is 3.43. The van der Waals surface area contributed by atoms with Crippen molar-refractivity contribution >= 4 is 22.7 Å². The van der Waals surface area contributed by atoms with Crippen molar-refractivity contribution in [1.82, 2.24) is 9.97 Å². The van der Waals surface area contributed by atoms with Gasteiger partial charge in [0.25, 0.3) is 0 Å². The second-order valence-electron chi connectivity index (χ2n) is 6.94. The number of aromatic nitrogens is 2. The highest BCUT2D eigenvalue weighted by Gasteiger charge is 2.20. The number of nitrogens with zero attached hydrogens (tertiary/aromatic N) is 2. The van der Waals surface area contributed by atoms with Gasteiger partial charge >= 0.3 is 5.97 Å². The molecule has 1 aliphatic heterocycles. The molecule has 6 nitrogen and oxygen atoms in total. The summed E-state index contributed by atoms with van der Waals surface area (Å²) >= 11 is 0. The van der Waals surface area contributed by atoms with Crippen LogP contribution in [0.15, 0.2) is 30.3 Å². The van der Waals surface area contributed by atoms with Gasteiger partial charge in [-0.3, -0.25) is 0 Å². The molecule has 0 spiro atoms. The third-order valence-corrected chi connectivity index (χ3v) is 4.92. The Morgan fingerprint density at radius 2 is 2.07 bits per heavy atom. The fourth-order valence-electron chi connectivity index (χ4n) is 3.43. The van der Waals surface area contributed by atoms with Crippen LogP contribution in [0.4, 0.5) is 10.1 Å². The number of ether oxygens (including phenoxy) is 2. The van der Waals surface area contributed by atoms with Gasteiger partial charge in [-0.15, -0.1) is 0 Å². The number of morpholine rings is 1. The summed E-state index contributed by atoms with van der Waals surface area (Å²) in [5, 5.41) is 0. The molecule has 0 aliphatic carbocycles. The average molecular weight is 383 g/mol. The van der Waals surface area contributed by atoms with Crippen LogP contribution in [0, 0.1) is 19.7 Å². The number of esters is 1. The summed E-state index contributed by atoms with van der Waals surface area (Å²) in [5.41, 5.74) is 3.49. The molecule has 3 aromatic rings. The van der Waals surface area contributed by atoms with Crippen molar-refractivity contribution in [3.05, 3.63) is 58.7 Å². The van der Waals surface area contributed by atoms with Gasteiger partial charge in [-0.2, -0.15) is 0 Å². The fraction of sp³-hybridized carbons (Fsp3) is 0.333. The molecule has 146 valence electrons. The molecule has 1 aliphatic rings. The summed E-state index contributed by atoms with van der Waals surface area (Å²) in [5.74, 6) is -0.154. The van der Waals surface area contributed by atoms with E-state index < -0.39 is 5.97 Å². The number of halogens is 1. The van der Waals surface area contributed by atoms with Crippen LogP contribution in [0.1, 0.15) is 27.3 Å². The van der Waals surface area contributed by atoms with Crippen LogP contribution in [-0.2, 0) is 16.1 Å². The van der Waals surface area contributed by atoms with Crippen LogP contribution in [0.25, 0.3) is 11.0 Å². The monoisotopic (exact) mass is 383 g/mol. The molecule has 2 aromatic carbocycles. The minimum Gasteiger partial charge on any atom is -0.457 e. The maximum atomic E-state index is 14.2. The minimum atomic E-state index is -0.521. The number of aryl methyl sites for hydroxylation is 2. The van der Waals surface area contributed by atoms with Crippen LogP contribution >= 0.6 is 0 Å². The first-order chi connectivity index (χ1) is 13.5. The Kier molecular flexibility index (Phi) is 5.00. The summed E-state index contributed by atoms with van der Waals surface area (Å²) in [6.07, 6.45) is 0. The van der Waals surface area contributed by atoms with Gasteiger partial charge < -0.3 is 19.4 Å². The number of rotatable bonds is 4. The van der Waals surface area contributed by atoms with Crippen molar-refractivity contribution in [2.45, 2.75) is 20.5 Å². The normalized spacial score (nSPS) is 14.5. The van der Waals surface area contributed by atoms with Crippen LogP contribution in [0.3, 0.4) is 0 Å². The van der Waals surface area contributed by atoms with Gasteiger partial charge in [-0.25, -0.2) is 14.2 Å². The number of carbonyl (C=O) groups excluding carboxylic acids is 1. The van der Waals surface area contributed by atoms with E-state index >= 15 is 0 Å². The highest BCUT2D eigenvalue weighted by atomic mass is 19.1. The Morgan fingerprint density at radius 1 is 1.29 bits per heavy atom. The second-order valence-corrected chi connectivity index (χ2v) is 6.94. The number of H-pyrrole nitrogens is 1. The van der Waals surface area contributed by atoms with Gasteiger partial charge in [-0.1, -0.05) is 18.2 Å². The number of hydrogen-bond donors (Lipinski definition) is 1. The first-order valence-electron chi connectivity index (χ1n) is 9.27. The van der Waals surface area contributed by atoms with Gasteiger partial charge in [0.2, 0.25) is 0 Å². The largest absolute Gasteiger partial charge is 0.457 e. The summed E-state index contributed by atoms with van der Waals surface area (Å²) in [6.45, 7) is 6.19. The topological polar surface area (TPSA) is 67.4 Å². The van der Waals surface area contributed by atoms with E-state index in [1.807, 2.05) is 13.0 Å². The number of benzene rings is 2. The molecule has 1 aromatic heterocycles. The summed E-state index contributed by atoms with van der Waals surface area (Å²) in [7, 11) is 0. The third kappa shape index (κ3) is 3.57. The first kappa shape index (κ1) is 18.4. The van der Waals surface area contributed by atoms with Gasteiger partial charge in [0.1, 0.15) is 23.8 Å². The average Bonchev–Trinajstić information content (AvgIpc) is 3.09. The predicted molar refractivity (Wildman–Crippen MR) is 104 cm³/mol. The standard InChI is InChI=1S/C21H22FN3O3/c1-13-4-3-5-15(19(13)22)12-28-21(26)17-10-16(25-6-8-27-9-7-25)11-18-20(17)24-14(2)23-18/h3-5,10-11H,6-9,12H2,1-2H3,(H,23,24). The first-order valence-corrected chi connectivity index (χ1v) is 9.27. The summed E-state index contributed by atoms with van der Waals surface area (Å²) in [4.78, 5) is 22.6. The van der Waals surface area contributed by atoms with E-state index in [1.54, 1.807) is 31.2 Å². The van der Waals surface area contributed by atoms with Crippen molar-refractivity contribution in [3.63, 3.8) is 0 Å². The van der Waals surface area contributed by atoms with Crippen molar-refractivity contribution in [2.24, 2.45) is 0 Å². The highest BCUT2D eigenvalue weighted by molar-refractivity contribution is 6.03. The number of hydrogen-bond acceptors (Lipinski definition) is 5. The van der Waals surface area contributed by atoms with E-state index in [2.05, 4.69) is 14.9 Å². The number of anilines is 1. The molecule has 0 unspecified atom stereocenters. The molecule has 28 heavy (non-hydrogen) atoms. The molecule has 1 saturated heterocycles. The Balaban J connectivity index is 1.64. The van der Waals surface area contributed by atoms with E-state index in [-0.39, 0.29) is 12.4 Å². The minimum absolute atomic E-state index is 0.126. The molecule has 1 fully saturated rings. The van der Waals surface area contributed by atoms with Gasteiger partial charge in [0, 0.05) is 24.3 Å². The number of imidazole rings is 1. The molecule has 1 N–H and O–H groups in total. The van der Waals surface area contributed by atoms with Crippen LogP contribution in [0.5, 0.6) is 0 Å². The Morgan fingerprint density at radius 3 is 2.86 bits per heavy atom. The van der Waals surface area contributed by atoms with Gasteiger partial charge in [0.05, 0.1) is 24.3 Å². The molecule has 2 heterocycles. The predicted octanol–water partition coefficient (Wildman–Crippen LogP) is 3.51. The Labute approximate surface area is 162 Å². The van der Waals surface area contributed by atoms with Gasteiger partial charge in [0.15, 0.2) is 0 Å². The molecular weight excluding hydrogens is 361 g/mol. The van der Waals surface area contributed by atoms with E-state index in [0.29, 0.717) is 41.2 Å². The smallest absolute Gasteiger partial charge is 0.340 e. The lowest BCUT2D eigenvalue weighted by Crippen LogP contribution is -2.36. The van der Waals surface area contributed by atoms with E-state index in [4.69, 9.17) is 9.47 Å². The van der Waals surface area contributed by atoms with Crippen LogP contribution in [0.2, 0.25) is 0 Å². The van der Waals surface area contributed by atoms with Crippen LogP contribution in [-0.4, -0.2) is 42.2 Å². The zero-order chi connectivity index (χ0) is 19.7. The Hall–Kier alpha value is -2.93. The van der Waals surface area contributed by atoms with E-state index in [9.17, 15) is 9.18 Å². The molecular formula is C21H22FN3O3. The zero-order valence-corrected chi connectivity index (χ0v) is 15.9. The number of fused-ring (bicyclic) bond motifs is 1. The lowest BCUT2D eigenvalue weighted by molar-refractivity contribution is 0.0471. The van der Waals surface area contributed by atoms with Crippen molar-refractivity contribution in [1.29, 1.82) is 0 Å². The second kappa shape index (κ2) is 7.59. The third-order valence-electron chi connectivity index (χ3n) is 4.92. The maximum absolute atomic E-state index is 14.2. The molecule has 0 bridgehead atoms. The lowest BCUT2D eigenvalue weighted by Gasteiger charge is -2.29. The molecule has 7 heteroatoms. The SMILES string of the molecule is Cc1nc2c(C(=O)OCc3cccc(C)c3F)cc(N3CCOCC3)cc2[nH]1. The van der Waals surface area contributed by atoms with Gasteiger partial charge in [-0.05, 0) is 31.5 Å². The van der Waals surface area contributed by atoms with E-state index in [0.717, 1.165) is 24.3 Å². The van der Waals surface area contributed by atoms with Crippen molar-refractivity contribution < 1.29 is 18.7 Å². The molecule has 4 rings (SSSR count). The van der Waals surface area contributed by atoms with E-state index in [1.165, 1.54) is 0 Å². The number of nitrogens with one attached hydrogen (secondary N) is 1. The van der Waals surface area contributed by atoms with Crippen molar-refractivity contribution in [3.8, 4) is 0 Å². The molecule has 0 amide bonds. The molecule has 0 saturated carbocycles. The van der Waals surface area contributed by atoms with Crippen molar-refractivity contribution in [2.75, 3.05) is 31.2 Å². The molecule has 0 radical (unpaired) electrons. The lowest BCUT2D eigenvalue weighted by atomic mass is 10.1. The van der Waals surface area contributed by atoms with Crippen LogP contribution < -0.4 is 4.90 Å². The highest BCUT2D eigenvalue weighted by Crippen LogP contribution is 2.27. The maximum Gasteiger partial charge on any atom is 0.340 e. The molecule has 0 atom stereocenters. The quantitative estimate of drug-likeness (QED) is 0.699. The Bertz CT molecular complexity index is 1030. The summed E-state index contributed by atoms with van der Waals surface area (Å²) < 4.78 is 25.0. The number of aromatic amines is 1.